The highest BCUT2D eigenvalue weighted by Gasteiger charge is 2.69. The zero-order valence-corrected chi connectivity index (χ0v) is 14.1. The second-order valence-electron chi connectivity index (χ2n) is 6.04. The molecular weight excluding hydrogens is 323 g/mol. The number of rotatable bonds is 3. The maximum absolute atomic E-state index is 12.6. The summed E-state index contributed by atoms with van der Waals surface area (Å²) in [6.07, 6.45) is -0.537. The Morgan fingerprint density at radius 1 is 1.17 bits per heavy atom. The molecule has 1 N–H and O–H groups in total. The second kappa shape index (κ2) is 7.86. The van der Waals surface area contributed by atoms with Crippen molar-refractivity contribution in [3.63, 3.8) is 0 Å². The molecule has 136 valence electrons. The van der Waals surface area contributed by atoms with Gasteiger partial charge in [-0.2, -0.15) is 18.4 Å². The minimum Gasteiger partial charge on any atom is -0.342 e. The molecule has 2 saturated carbocycles. The van der Waals surface area contributed by atoms with Crippen LogP contribution in [0.2, 0.25) is 0 Å². The lowest BCUT2D eigenvalue weighted by atomic mass is 10.1. The average molecular weight is 347 g/mol. The molecule has 1 aliphatic heterocycles. The van der Waals surface area contributed by atoms with Crippen molar-refractivity contribution in [1.82, 2.24) is 10.2 Å². The standard InChI is InChI=1S/C9H12F3NO.C5H6N2O.C2H6/c10-9(11,12)8(3-4-8)7(14)13-5-1-2-6-13;6-3-5(1-2-5)7-4-8;1-2/h1-6H2;4H,1-2H2,(H,7,8);1-2H3. The maximum Gasteiger partial charge on any atom is 0.403 e. The van der Waals surface area contributed by atoms with E-state index in [1.165, 1.54) is 4.90 Å². The van der Waals surface area contributed by atoms with Crippen molar-refractivity contribution < 1.29 is 22.8 Å². The third-order valence-electron chi connectivity index (χ3n) is 4.39. The topological polar surface area (TPSA) is 73.2 Å². The van der Waals surface area contributed by atoms with Crippen molar-refractivity contribution in [1.29, 1.82) is 5.26 Å². The van der Waals surface area contributed by atoms with Gasteiger partial charge in [0.15, 0.2) is 0 Å². The third-order valence-corrected chi connectivity index (χ3v) is 4.39. The number of likely N-dealkylation sites (tertiary alicyclic amines) is 1. The normalized spacial score (nSPS) is 21.9. The summed E-state index contributed by atoms with van der Waals surface area (Å²) in [4.78, 5) is 22.7. The minimum atomic E-state index is -4.35. The fourth-order valence-electron chi connectivity index (χ4n) is 2.49. The molecule has 3 fully saturated rings. The smallest absolute Gasteiger partial charge is 0.342 e. The molecule has 0 radical (unpaired) electrons. The maximum atomic E-state index is 12.6. The molecule has 0 aromatic rings. The zero-order valence-electron chi connectivity index (χ0n) is 14.1. The van der Waals surface area contributed by atoms with E-state index in [9.17, 15) is 22.8 Å². The summed E-state index contributed by atoms with van der Waals surface area (Å²) in [5.41, 5.74) is -2.47. The summed E-state index contributed by atoms with van der Waals surface area (Å²) in [6.45, 7) is 4.99. The summed E-state index contributed by atoms with van der Waals surface area (Å²) < 4.78 is 37.7. The van der Waals surface area contributed by atoms with E-state index >= 15 is 0 Å². The lowest BCUT2D eigenvalue weighted by Crippen LogP contribution is -2.42. The molecular formula is C16H24F3N3O2. The number of halogens is 3. The van der Waals surface area contributed by atoms with Crippen LogP contribution in [0.1, 0.15) is 52.4 Å². The van der Waals surface area contributed by atoms with Gasteiger partial charge in [-0.05, 0) is 38.5 Å². The Morgan fingerprint density at radius 3 is 1.92 bits per heavy atom. The van der Waals surface area contributed by atoms with Crippen molar-refractivity contribution in [2.75, 3.05) is 13.1 Å². The van der Waals surface area contributed by atoms with Crippen LogP contribution in [0.3, 0.4) is 0 Å². The fourth-order valence-corrected chi connectivity index (χ4v) is 2.49. The quantitative estimate of drug-likeness (QED) is 0.798. The Balaban J connectivity index is 0.000000245. The lowest BCUT2D eigenvalue weighted by molar-refractivity contribution is -0.197. The van der Waals surface area contributed by atoms with Gasteiger partial charge in [-0.3, -0.25) is 9.59 Å². The molecule has 2 amide bonds. The summed E-state index contributed by atoms with van der Waals surface area (Å²) >= 11 is 0. The Hall–Kier alpha value is -1.78. The SMILES string of the molecule is CC.N#CC1(NC=O)CC1.O=C(N1CCCC1)C1(C(F)(F)F)CC1. The number of amides is 2. The summed E-state index contributed by atoms with van der Waals surface area (Å²) in [5, 5.41) is 10.8. The number of carbonyl (C=O) groups excluding carboxylic acids is 2. The van der Waals surface area contributed by atoms with Gasteiger partial charge in [0.25, 0.3) is 0 Å². The van der Waals surface area contributed by atoms with Crippen molar-refractivity contribution in [3.8, 4) is 6.07 Å². The van der Waals surface area contributed by atoms with Gasteiger partial charge in [-0.1, -0.05) is 13.8 Å². The molecule has 8 heteroatoms. The number of hydrogen-bond acceptors (Lipinski definition) is 3. The first-order valence-electron chi connectivity index (χ1n) is 8.29. The van der Waals surface area contributed by atoms with E-state index in [-0.39, 0.29) is 12.8 Å². The van der Waals surface area contributed by atoms with E-state index in [4.69, 9.17) is 5.26 Å². The largest absolute Gasteiger partial charge is 0.403 e. The first kappa shape index (κ1) is 20.3. The van der Waals surface area contributed by atoms with Crippen LogP contribution < -0.4 is 5.32 Å². The Bertz CT molecular complexity index is 486. The molecule has 24 heavy (non-hydrogen) atoms. The highest BCUT2D eigenvalue weighted by Crippen LogP contribution is 2.58. The van der Waals surface area contributed by atoms with Crippen LogP contribution in [0.5, 0.6) is 0 Å². The number of nitrogens with one attached hydrogen (secondary N) is 1. The second-order valence-corrected chi connectivity index (χ2v) is 6.04. The molecule has 0 atom stereocenters. The highest BCUT2D eigenvalue weighted by molar-refractivity contribution is 5.86. The van der Waals surface area contributed by atoms with Crippen LogP contribution >= 0.6 is 0 Å². The predicted molar refractivity (Wildman–Crippen MR) is 81.7 cm³/mol. The first-order valence-corrected chi connectivity index (χ1v) is 8.29. The lowest BCUT2D eigenvalue weighted by Gasteiger charge is -2.24. The van der Waals surface area contributed by atoms with Gasteiger partial charge in [0.05, 0.1) is 6.07 Å². The van der Waals surface area contributed by atoms with Crippen molar-refractivity contribution >= 4 is 12.3 Å². The third kappa shape index (κ3) is 4.40. The molecule has 0 unspecified atom stereocenters. The molecule has 0 aromatic heterocycles. The Labute approximate surface area is 140 Å². The van der Waals surface area contributed by atoms with Crippen LogP contribution in [-0.4, -0.2) is 42.0 Å². The molecule has 0 aromatic carbocycles. The summed E-state index contributed by atoms with van der Waals surface area (Å²) in [7, 11) is 0. The number of alkyl halides is 3. The van der Waals surface area contributed by atoms with Crippen molar-refractivity contribution in [2.24, 2.45) is 5.41 Å². The predicted octanol–water partition coefficient (Wildman–Crippen LogP) is 2.77. The van der Waals surface area contributed by atoms with E-state index in [1.807, 2.05) is 19.9 Å². The van der Waals surface area contributed by atoms with E-state index in [2.05, 4.69) is 5.32 Å². The Kier molecular flexibility index (Phi) is 6.64. The molecule has 3 rings (SSSR count). The van der Waals surface area contributed by atoms with Crippen LogP contribution in [0, 0.1) is 16.7 Å². The van der Waals surface area contributed by atoms with Gasteiger partial charge in [0.1, 0.15) is 11.0 Å². The number of hydrogen-bond donors (Lipinski definition) is 1. The van der Waals surface area contributed by atoms with Crippen LogP contribution in [-0.2, 0) is 9.59 Å². The van der Waals surface area contributed by atoms with Gasteiger partial charge in [0.2, 0.25) is 12.3 Å². The molecule has 5 nitrogen and oxygen atoms in total. The van der Waals surface area contributed by atoms with Crippen LogP contribution in [0.25, 0.3) is 0 Å². The molecule has 0 bridgehead atoms. The summed E-state index contributed by atoms with van der Waals surface area (Å²) in [5.74, 6) is -0.692. The van der Waals surface area contributed by atoms with Gasteiger partial charge < -0.3 is 10.2 Å². The molecule has 1 heterocycles. The fraction of sp³-hybridized carbons (Fsp3) is 0.812. The molecule has 0 spiro atoms. The van der Waals surface area contributed by atoms with Crippen LogP contribution in [0.4, 0.5) is 13.2 Å². The average Bonchev–Trinajstić information content (AvgIpc) is 3.47. The molecule has 1 saturated heterocycles. The van der Waals surface area contributed by atoms with E-state index in [0.717, 1.165) is 25.7 Å². The van der Waals surface area contributed by atoms with E-state index in [1.54, 1.807) is 0 Å². The molecule has 3 aliphatic rings. The van der Waals surface area contributed by atoms with Gasteiger partial charge in [0, 0.05) is 13.1 Å². The Morgan fingerprint density at radius 2 is 1.67 bits per heavy atom. The monoisotopic (exact) mass is 347 g/mol. The summed E-state index contributed by atoms with van der Waals surface area (Å²) in [6, 6.07) is 2.01. The number of carbonyl (C=O) groups is 2. The minimum absolute atomic E-state index is 0.0220. The zero-order chi connectivity index (χ0) is 18.4. The van der Waals surface area contributed by atoms with Crippen molar-refractivity contribution in [2.45, 2.75) is 64.1 Å². The first-order chi connectivity index (χ1) is 11.3. The molecule has 2 aliphatic carbocycles. The van der Waals surface area contributed by atoms with E-state index in [0.29, 0.717) is 19.5 Å². The van der Waals surface area contributed by atoms with E-state index < -0.39 is 23.0 Å². The van der Waals surface area contributed by atoms with Gasteiger partial charge in [-0.15, -0.1) is 0 Å². The highest BCUT2D eigenvalue weighted by atomic mass is 19.4. The van der Waals surface area contributed by atoms with Crippen molar-refractivity contribution in [3.05, 3.63) is 0 Å². The van der Waals surface area contributed by atoms with Crippen LogP contribution in [0.15, 0.2) is 0 Å². The van der Waals surface area contributed by atoms with Gasteiger partial charge >= 0.3 is 6.18 Å². The number of nitriles is 1. The van der Waals surface area contributed by atoms with Gasteiger partial charge in [-0.25, -0.2) is 0 Å². The number of nitrogens with zero attached hydrogens (tertiary/aromatic N) is 2.